The summed E-state index contributed by atoms with van der Waals surface area (Å²) in [6.07, 6.45) is 1.12. The molecule has 0 amide bonds. The van der Waals surface area contributed by atoms with Crippen LogP contribution in [0.3, 0.4) is 0 Å². The zero-order valence-electron chi connectivity index (χ0n) is 11.4. The van der Waals surface area contributed by atoms with Gasteiger partial charge in [-0.25, -0.2) is 0 Å². The number of nitrogens with one attached hydrogen (secondary N) is 1. The lowest BCUT2D eigenvalue weighted by molar-refractivity contribution is 0.0816. The average molecular weight is 273 g/mol. The number of aromatic nitrogens is 2. The fourth-order valence-corrected chi connectivity index (χ4v) is 1.93. The van der Waals surface area contributed by atoms with Gasteiger partial charge in [-0.3, -0.25) is 0 Å². The molecule has 104 valence electrons. The van der Waals surface area contributed by atoms with Gasteiger partial charge >= 0.3 is 0 Å². The molecular formula is C12H23N3O2S. The van der Waals surface area contributed by atoms with Crippen molar-refractivity contribution in [1.29, 1.82) is 0 Å². The van der Waals surface area contributed by atoms with Crippen molar-refractivity contribution >= 4 is 11.3 Å². The molecule has 0 aliphatic carbocycles. The Morgan fingerprint density at radius 1 is 1.28 bits per heavy atom. The maximum atomic E-state index is 5.47. The normalized spacial score (nSPS) is 11.1. The van der Waals surface area contributed by atoms with Crippen LogP contribution in [0.1, 0.15) is 32.2 Å². The van der Waals surface area contributed by atoms with Crippen molar-refractivity contribution in [3.8, 4) is 5.19 Å². The van der Waals surface area contributed by atoms with Crippen molar-refractivity contribution in [1.82, 2.24) is 15.5 Å². The summed E-state index contributed by atoms with van der Waals surface area (Å²) >= 11 is 1.49. The van der Waals surface area contributed by atoms with Crippen LogP contribution in [-0.4, -0.2) is 36.6 Å². The molecule has 1 aromatic rings. The number of rotatable bonds is 10. The van der Waals surface area contributed by atoms with Crippen LogP contribution in [0.4, 0.5) is 0 Å². The quantitative estimate of drug-likeness (QED) is 0.662. The zero-order chi connectivity index (χ0) is 13.2. The van der Waals surface area contributed by atoms with Crippen LogP contribution in [0.2, 0.25) is 0 Å². The van der Waals surface area contributed by atoms with Gasteiger partial charge in [-0.2, -0.15) is 0 Å². The molecule has 0 bridgehead atoms. The SMILES string of the molecule is CCCNCc1nnc(OCCOCC(C)C)s1. The minimum Gasteiger partial charge on any atom is -0.466 e. The monoisotopic (exact) mass is 273 g/mol. The van der Waals surface area contributed by atoms with Crippen LogP contribution < -0.4 is 10.1 Å². The van der Waals surface area contributed by atoms with Crippen LogP contribution in [0.5, 0.6) is 5.19 Å². The van der Waals surface area contributed by atoms with Crippen LogP contribution in [-0.2, 0) is 11.3 Å². The Balaban J connectivity index is 2.11. The molecule has 0 fully saturated rings. The lowest BCUT2D eigenvalue weighted by Crippen LogP contribution is -2.13. The molecule has 0 saturated heterocycles. The van der Waals surface area contributed by atoms with Crippen molar-refractivity contribution in [2.45, 2.75) is 33.7 Å². The van der Waals surface area contributed by atoms with Gasteiger partial charge in [-0.15, -0.1) is 10.2 Å². The summed E-state index contributed by atoms with van der Waals surface area (Å²) in [6.45, 7) is 10.1. The Morgan fingerprint density at radius 3 is 2.83 bits per heavy atom. The largest absolute Gasteiger partial charge is 0.466 e. The van der Waals surface area contributed by atoms with E-state index in [2.05, 4.69) is 36.3 Å². The first-order chi connectivity index (χ1) is 8.72. The Labute approximate surface area is 113 Å². The van der Waals surface area contributed by atoms with Gasteiger partial charge in [-0.1, -0.05) is 32.1 Å². The molecule has 0 aliphatic heterocycles. The standard InChI is InChI=1S/C12H23N3O2S/c1-4-5-13-8-11-14-15-12(18-11)17-7-6-16-9-10(2)3/h10,13H,4-9H2,1-3H3. The third kappa shape index (κ3) is 6.88. The van der Waals surface area contributed by atoms with E-state index in [0.717, 1.165) is 31.1 Å². The first-order valence-electron chi connectivity index (χ1n) is 6.46. The van der Waals surface area contributed by atoms with Crippen LogP contribution in [0, 0.1) is 5.92 Å². The summed E-state index contributed by atoms with van der Waals surface area (Å²) in [6, 6.07) is 0. The van der Waals surface area contributed by atoms with Gasteiger partial charge in [0.25, 0.3) is 5.19 Å². The van der Waals surface area contributed by atoms with E-state index in [-0.39, 0.29) is 0 Å². The maximum absolute atomic E-state index is 5.47. The van der Waals surface area contributed by atoms with Crippen molar-refractivity contribution in [3.05, 3.63) is 5.01 Å². The van der Waals surface area contributed by atoms with Crippen LogP contribution in [0.15, 0.2) is 0 Å². The highest BCUT2D eigenvalue weighted by molar-refractivity contribution is 7.13. The number of hydrogen-bond acceptors (Lipinski definition) is 6. The molecule has 1 rings (SSSR count). The zero-order valence-corrected chi connectivity index (χ0v) is 12.3. The molecule has 0 aliphatic rings. The summed E-state index contributed by atoms with van der Waals surface area (Å²) in [5.41, 5.74) is 0. The van der Waals surface area contributed by atoms with E-state index in [1.54, 1.807) is 0 Å². The van der Waals surface area contributed by atoms with Gasteiger partial charge in [0.1, 0.15) is 11.6 Å². The van der Waals surface area contributed by atoms with E-state index in [4.69, 9.17) is 9.47 Å². The van der Waals surface area contributed by atoms with E-state index >= 15 is 0 Å². The van der Waals surface area contributed by atoms with Gasteiger partial charge < -0.3 is 14.8 Å². The highest BCUT2D eigenvalue weighted by Crippen LogP contribution is 2.17. The Bertz CT molecular complexity index is 318. The number of hydrogen-bond donors (Lipinski definition) is 1. The highest BCUT2D eigenvalue weighted by Gasteiger charge is 2.04. The second-order valence-electron chi connectivity index (χ2n) is 4.46. The second kappa shape index (κ2) is 9.24. The molecule has 18 heavy (non-hydrogen) atoms. The summed E-state index contributed by atoms with van der Waals surface area (Å²) in [4.78, 5) is 0. The van der Waals surface area contributed by atoms with Crippen molar-refractivity contribution in [2.75, 3.05) is 26.4 Å². The molecule has 0 radical (unpaired) electrons. The second-order valence-corrected chi connectivity index (χ2v) is 5.48. The first-order valence-corrected chi connectivity index (χ1v) is 7.27. The van der Waals surface area contributed by atoms with E-state index < -0.39 is 0 Å². The van der Waals surface area contributed by atoms with E-state index in [0.29, 0.717) is 24.3 Å². The predicted octanol–water partition coefficient (Wildman–Crippen LogP) is 2.09. The van der Waals surface area contributed by atoms with Crippen molar-refractivity contribution in [3.63, 3.8) is 0 Å². The lowest BCUT2D eigenvalue weighted by Gasteiger charge is -2.06. The fraction of sp³-hybridized carbons (Fsp3) is 0.833. The summed E-state index contributed by atoms with van der Waals surface area (Å²) in [5.74, 6) is 0.558. The average Bonchev–Trinajstić information content (AvgIpc) is 2.77. The maximum Gasteiger partial charge on any atom is 0.294 e. The Kier molecular flexibility index (Phi) is 7.88. The first kappa shape index (κ1) is 15.3. The third-order valence-corrected chi connectivity index (χ3v) is 2.89. The Morgan fingerprint density at radius 2 is 2.11 bits per heavy atom. The van der Waals surface area contributed by atoms with Gasteiger partial charge in [0.2, 0.25) is 0 Å². The number of ether oxygens (including phenoxy) is 2. The molecule has 0 unspecified atom stereocenters. The topological polar surface area (TPSA) is 56.3 Å². The molecule has 0 atom stereocenters. The molecule has 1 aromatic heterocycles. The summed E-state index contributed by atoms with van der Waals surface area (Å²) in [7, 11) is 0. The van der Waals surface area contributed by atoms with Crippen molar-refractivity contribution < 1.29 is 9.47 Å². The van der Waals surface area contributed by atoms with Gasteiger partial charge in [0.15, 0.2) is 0 Å². The van der Waals surface area contributed by atoms with Gasteiger partial charge in [0, 0.05) is 13.2 Å². The molecule has 0 spiro atoms. The fourth-order valence-electron chi connectivity index (χ4n) is 1.25. The molecule has 6 heteroatoms. The van der Waals surface area contributed by atoms with Gasteiger partial charge in [-0.05, 0) is 18.9 Å². The molecule has 1 heterocycles. The summed E-state index contributed by atoms with van der Waals surface area (Å²) in [5, 5.41) is 12.9. The Hall–Kier alpha value is -0.720. The smallest absolute Gasteiger partial charge is 0.294 e. The molecule has 0 saturated carbocycles. The molecular weight excluding hydrogens is 250 g/mol. The van der Waals surface area contributed by atoms with Gasteiger partial charge in [0.05, 0.1) is 6.61 Å². The minimum atomic E-state index is 0.531. The minimum absolute atomic E-state index is 0.531. The van der Waals surface area contributed by atoms with Crippen LogP contribution >= 0.6 is 11.3 Å². The van der Waals surface area contributed by atoms with Crippen molar-refractivity contribution in [2.24, 2.45) is 5.92 Å². The number of nitrogens with zero attached hydrogens (tertiary/aromatic N) is 2. The van der Waals surface area contributed by atoms with E-state index in [1.807, 2.05) is 0 Å². The van der Waals surface area contributed by atoms with Crippen LogP contribution in [0.25, 0.3) is 0 Å². The lowest BCUT2D eigenvalue weighted by atomic mass is 10.2. The third-order valence-electron chi connectivity index (χ3n) is 2.06. The molecule has 5 nitrogen and oxygen atoms in total. The molecule has 0 aromatic carbocycles. The highest BCUT2D eigenvalue weighted by atomic mass is 32.1. The van der Waals surface area contributed by atoms with E-state index in [1.165, 1.54) is 11.3 Å². The van der Waals surface area contributed by atoms with E-state index in [9.17, 15) is 0 Å². The summed E-state index contributed by atoms with van der Waals surface area (Å²) < 4.78 is 10.9. The predicted molar refractivity (Wildman–Crippen MR) is 73.1 cm³/mol. The molecule has 1 N–H and O–H groups in total.